The molecule has 1 N–H and O–H groups in total. The highest BCUT2D eigenvalue weighted by molar-refractivity contribution is 5.97. The van der Waals surface area contributed by atoms with Gasteiger partial charge in [-0.05, 0) is 43.2 Å². The predicted molar refractivity (Wildman–Crippen MR) is 92.3 cm³/mol. The quantitative estimate of drug-likeness (QED) is 0.813. The van der Waals surface area contributed by atoms with E-state index in [2.05, 4.69) is 5.32 Å². The maximum absolute atomic E-state index is 13.9. The zero-order valence-electron chi connectivity index (χ0n) is 14.3. The molecule has 0 aliphatic heterocycles. The lowest BCUT2D eigenvalue weighted by atomic mass is 10.1. The zero-order chi connectivity index (χ0) is 18.4. The van der Waals surface area contributed by atoms with Gasteiger partial charge in [-0.25, -0.2) is 9.18 Å². The largest absolute Gasteiger partial charge is 0.497 e. The van der Waals surface area contributed by atoms with Crippen LogP contribution in [0.4, 0.5) is 10.1 Å². The van der Waals surface area contributed by atoms with Crippen molar-refractivity contribution < 1.29 is 23.5 Å². The van der Waals surface area contributed by atoms with Gasteiger partial charge in [-0.1, -0.05) is 19.1 Å². The van der Waals surface area contributed by atoms with Gasteiger partial charge < -0.3 is 14.8 Å². The Morgan fingerprint density at radius 3 is 2.40 bits per heavy atom. The van der Waals surface area contributed by atoms with E-state index in [0.29, 0.717) is 5.69 Å². The Balaban J connectivity index is 1.98. The summed E-state index contributed by atoms with van der Waals surface area (Å²) in [6, 6.07) is 11.1. The average molecular weight is 345 g/mol. The van der Waals surface area contributed by atoms with Gasteiger partial charge >= 0.3 is 5.97 Å². The lowest BCUT2D eigenvalue weighted by molar-refractivity contribution is -0.123. The van der Waals surface area contributed by atoms with E-state index < -0.39 is 23.8 Å². The molecule has 2 rings (SSSR count). The first-order chi connectivity index (χ1) is 11.9. The molecule has 0 heterocycles. The number of anilines is 1. The number of ether oxygens (including phenoxy) is 2. The Morgan fingerprint density at radius 1 is 1.16 bits per heavy atom. The van der Waals surface area contributed by atoms with E-state index in [1.54, 1.807) is 12.1 Å². The van der Waals surface area contributed by atoms with Crippen LogP contribution in [0, 0.1) is 5.82 Å². The molecule has 2 aromatic rings. The normalized spacial score (nSPS) is 11.5. The van der Waals surface area contributed by atoms with Gasteiger partial charge in [-0.3, -0.25) is 4.79 Å². The summed E-state index contributed by atoms with van der Waals surface area (Å²) in [6.45, 7) is 3.46. The summed E-state index contributed by atoms with van der Waals surface area (Å²) < 4.78 is 23.8. The number of halogens is 1. The minimum atomic E-state index is -1.07. The number of hydrogen-bond acceptors (Lipinski definition) is 4. The van der Waals surface area contributed by atoms with E-state index in [1.807, 2.05) is 19.1 Å². The van der Waals surface area contributed by atoms with Crippen LogP contribution in [-0.2, 0) is 16.0 Å². The summed E-state index contributed by atoms with van der Waals surface area (Å²) in [7, 11) is 1.40. The van der Waals surface area contributed by atoms with Gasteiger partial charge in [0.1, 0.15) is 11.6 Å². The first-order valence-electron chi connectivity index (χ1n) is 7.89. The average Bonchev–Trinajstić information content (AvgIpc) is 2.61. The fourth-order valence-corrected chi connectivity index (χ4v) is 2.13. The van der Waals surface area contributed by atoms with Crippen LogP contribution in [-0.4, -0.2) is 25.1 Å². The monoisotopic (exact) mass is 345 g/mol. The fraction of sp³-hybridized carbons (Fsp3) is 0.263. The molecule has 0 saturated heterocycles. The Labute approximate surface area is 145 Å². The number of carbonyl (C=O) groups excluding carboxylic acids is 2. The van der Waals surface area contributed by atoms with Crippen molar-refractivity contribution in [2.45, 2.75) is 26.4 Å². The molecule has 0 bridgehead atoms. The van der Waals surface area contributed by atoms with Crippen LogP contribution in [0.25, 0.3) is 0 Å². The summed E-state index contributed by atoms with van der Waals surface area (Å²) in [6.07, 6.45) is -0.171. The lowest BCUT2D eigenvalue weighted by Gasteiger charge is -2.14. The Morgan fingerprint density at radius 2 is 1.84 bits per heavy atom. The van der Waals surface area contributed by atoms with Crippen molar-refractivity contribution in [1.82, 2.24) is 0 Å². The molecule has 0 unspecified atom stereocenters. The minimum absolute atomic E-state index is 0.257. The number of aryl methyl sites for hydroxylation is 1. The van der Waals surface area contributed by atoms with Crippen LogP contribution >= 0.6 is 0 Å². The van der Waals surface area contributed by atoms with Gasteiger partial charge in [-0.2, -0.15) is 0 Å². The van der Waals surface area contributed by atoms with Crippen LogP contribution in [0.5, 0.6) is 5.75 Å². The molecule has 1 amide bonds. The summed E-state index contributed by atoms with van der Waals surface area (Å²) in [4.78, 5) is 24.1. The number of esters is 1. The van der Waals surface area contributed by atoms with Crippen molar-refractivity contribution in [3.05, 3.63) is 59.4 Å². The van der Waals surface area contributed by atoms with E-state index in [-0.39, 0.29) is 11.3 Å². The van der Waals surface area contributed by atoms with E-state index in [9.17, 15) is 14.0 Å². The number of benzene rings is 2. The zero-order valence-corrected chi connectivity index (χ0v) is 14.3. The van der Waals surface area contributed by atoms with E-state index in [4.69, 9.17) is 9.47 Å². The number of rotatable bonds is 6. The number of nitrogens with one attached hydrogen (secondary N) is 1. The number of methoxy groups -OCH3 is 1. The van der Waals surface area contributed by atoms with Crippen LogP contribution in [0.2, 0.25) is 0 Å². The maximum Gasteiger partial charge on any atom is 0.341 e. The Bertz CT molecular complexity index is 759. The summed E-state index contributed by atoms with van der Waals surface area (Å²) in [5.41, 5.74) is 1.49. The van der Waals surface area contributed by atoms with Crippen molar-refractivity contribution in [2.24, 2.45) is 0 Å². The van der Waals surface area contributed by atoms with Gasteiger partial charge in [0.2, 0.25) is 0 Å². The predicted octanol–water partition coefficient (Wildman–Crippen LogP) is 3.58. The van der Waals surface area contributed by atoms with Gasteiger partial charge in [0.15, 0.2) is 6.10 Å². The number of hydrogen-bond donors (Lipinski definition) is 1. The molecule has 2 aromatic carbocycles. The number of amides is 1. The van der Waals surface area contributed by atoms with E-state index in [1.165, 1.54) is 26.2 Å². The highest BCUT2D eigenvalue weighted by Crippen LogP contribution is 2.18. The van der Waals surface area contributed by atoms with E-state index >= 15 is 0 Å². The molecule has 1 atom stereocenters. The lowest BCUT2D eigenvalue weighted by Crippen LogP contribution is -2.30. The van der Waals surface area contributed by atoms with E-state index in [0.717, 1.165) is 18.1 Å². The molecular weight excluding hydrogens is 325 g/mol. The third kappa shape index (κ3) is 4.79. The van der Waals surface area contributed by atoms with Crippen molar-refractivity contribution in [3.63, 3.8) is 0 Å². The molecule has 0 aliphatic rings. The van der Waals surface area contributed by atoms with Crippen LogP contribution in [0.3, 0.4) is 0 Å². The second-order valence-electron chi connectivity index (χ2n) is 5.43. The maximum atomic E-state index is 13.9. The van der Waals surface area contributed by atoms with Crippen LogP contribution in [0.1, 0.15) is 29.8 Å². The molecular formula is C19H20FNO4. The Hall–Kier alpha value is -2.89. The molecule has 5 nitrogen and oxygen atoms in total. The molecule has 6 heteroatoms. The van der Waals surface area contributed by atoms with Crippen molar-refractivity contribution in [1.29, 1.82) is 0 Å². The van der Waals surface area contributed by atoms with Crippen molar-refractivity contribution in [3.8, 4) is 5.75 Å². The fourth-order valence-electron chi connectivity index (χ4n) is 2.13. The molecule has 0 aliphatic carbocycles. The first-order valence-corrected chi connectivity index (χ1v) is 7.89. The summed E-state index contributed by atoms with van der Waals surface area (Å²) in [5, 5.41) is 2.65. The van der Waals surface area contributed by atoms with Crippen molar-refractivity contribution >= 4 is 17.6 Å². The van der Waals surface area contributed by atoms with Crippen molar-refractivity contribution in [2.75, 3.05) is 12.4 Å². The molecule has 132 valence electrons. The summed E-state index contributed by atoms with van der Waals surface area (Å²) in [5.74, 6) is -1.89. The third-order valence-corrected chi connectivity index (χ3v) is 3.68. The van der Waals surface area contributed by atoms with Gasteiger partial charge in [-0.15, -0.1) is 0 Å². The van der Waals surface area contributed by atoms with Crippen LogP contribution in [0.15, 0.2) is 42.5 Å². The van der Waals surface area contributed by atoms with Crippen LogP contribution < -0.4 is 10.1 Å². The summed E-state index contributed by atoms with van der Waals surface area (Å²) >= 11 is 0. The standard InChI is InChI=1S/C19H20FNO4/c1-4-13-5-7-14(8-6-13)21-18(22)12(2)25-19(23)16-10-9-15(24-3)11-17(16)20/h5-12H,4H2,1-3H3,(H,21,22)/t12-/m0/s1. The van der Waals surface area contributed by atoms with Gasteiger partial charge in [0, 0.05) is 11.8 Å². The highest BCUT2D eigenvalue weighted by atomic mass is 19.1. The highest BCUT2D eigenvalue weighted by Gasteiger charge is 2.21. The minimum Gasteiger partial charge on any atom is -0.497 e. The Kier molecular flexibility index (Phi) is 6.11. The molecule has 25 heavy (non-hydrogen) atoms. The smallest absolute Gasteiger partial charge is 0.341 e. The van der Waals surface area contributed by atoms with Gasteiger partial charge in [0.25, 0.3) is 5.91 Å². The topological polar surface area (TPSA) is 64.6 Å². The van der Waals surface area contributed by atoms with Gasteiger partial charge in [0.05, 0.1) is 12.7 Å². The number of carbonyl (C=O) groups is 2. The molecule has 0 aromatic heterocycles. The second-order valence-corrected chi connectivity index (χ2v) is 5.43. The second kappa shape index (κ2) is 8.28. The molecule has 0 spiro atoms. The molecule has 0 saturated carbocycles. The first kappa shape index (κ1) is 18.4. The SMILES string of the molecule is CCc1ccc(NC(=O)[C@H](C)OC(=O)c2ccc(OC)cc2F)cc1. The third-order valence-electron chi connectivity index (χ3n) is 3.68. The molecule has 0 radical (unpaired) electrons. The molecule has 0 fully saturated rings.